The Labute approximate surface area is 108 Å². The first-order valence-corrected chi connectivity index (χ1v) is 6.01. The van der Waals surface area contributed by atoms with E-state index in [9.17, 15) is 0 Å². The molecule has 1 unspecified atom stereocenters. The Bertz CT molecular complexity index is 467. The SMILES string of the molecule is COCCn1ncc(Br)c1C(N)c1ccoc1. The Balaban J connectivity index is 2.27. The molecule has 5 nitrogen and oxygen atoms in total. The van der Waals surface area contributed by atoms with Gasteiger partial charge >= 0.3 is 0 Å². The van der Waals surface area contributed by atoms with Crippen molar-refractivity contribution in [3.63, 3.8) is 0 Å². The number of hydrogen-bond acceptors (Lipinski definition) is 4. The van der Waals surface area contributed by atoms with Gasteiger partial charge in [-0.1, -0.05) is 0 Å². The molecule has 0 spiro atoms. The van der Waals surface area contributed by atoms with Crippen molar-refractivity contribution in [2.24, 2.45) is 5.73 Å². The third kappa shape index (κ3) is 2.59. The van der Waals surface area contributed by atoms with Gasteiger partial charge in [-0.2, -0.15) is 5.10 Å². The fourth-order valence-corrected chi connectivity index (χ4v) is 2.19. The van der Waals surface area contributed by atoms with Crippen LogP contribution in [0, 0.1) is 0 Å². The molecule has 0 bridgehead atoms. The number of rotatable bonds is 5. The molecule has 0 aliphatic carbocycles. The first-order valence-electron chi connectivity index (χ1n) is 5.22. The lowest BCUT2D eigenvalue weighted by Crippen LogP contribution is -2.19. The molecule has 0 radical (unpaired) electrons. The van der Waals surface area contributed by atoms with Gasteiger partial charge in [0, 0.05) is 12.7 Å². The van der Waals surface area contributed by atoms with E-state index >= 15 is 0 Å². The van der Waals surface area contributed by atoms with Gasteiger partial charge in [-0.15, -0.1) is 0 Å². The molecular formula is C11H14BrN3O2. The van der Waals surface area contributed by atoms with Crippen molar-refractivity contribution in [3.05, 3.63) is 40.5 Å². The molecule has 0 saturated carbocycles. The Hall–Kier alpha value is -1.11. The number of nitrogens with zero attached hydrogens (tertiary/aromatic N) is 2. The number of ether oxygens (including phenoxy) is 1. The third-order valence-electron chi connectivity index (χ3n) is 2.54. The molecule has 2 N–H and O–H groups in total. The molecule has 0 amide bonds. The molecule has 2 rings (SSSR count). The lowest BCUT2D eigenvalue weighted by Gasteiger charge is -2.13. The molecule has 0 aliphatic heterocycles. The van der Waals surface area contributed by atoms with Gasteiger partial charge in [-0.25, -0.2) is 0 Å². The van der Waals surface area contributed by atoms with E-state index in [1.807, 2.05) is 10.7 Å². The van der Waals surface area contributed by atoms with Crippen LogP contribution in [0.3, 0.4) is 0 Å². The summed E-state index contributed by atoms with van der Waals surface area (Å²) in [4.78, 5) is 0. The van der Waals surface area contributed by atoms with Crippen LogP contribution in [0.15, 0.2) is 33.7 Å². The van der Waals surface area contributed by atoms with E-state index in [4.69, 9.17) is 14.9 Å². The average Bonchev–Trinajstić information content (AvgIpc) is 2.95. The summed E-state index contributed by atoms with van der Waals surface area (Å²) < 4.78 is 12.8. The zero-order valence-electron chi connectivity index (χ0n) is 9.47. The summed E-state index contributed by atoms with van der Waals surface area (Å²) in [5.41, 5.74) is 8.03. The smallest absolute Gasteiger partial charge is 0.0954 e. The lowest BCUT2D eigenvalue weighted by molar-refractivity contribution is 0.182. The van der Waals surface area contributed by atoms with Gasteiger partial charge in [0.1, 0.15) is 0 Å². The quantitative estimate of drug-likeness (QED) is 0.916. The molecule has 2 heterocycles. The van der Waals surface area contributed by atoms with Gasteiger partial charge in [-0.05, 0) is 22.0 Å². The molecule has 0 saturated heterocycles. The van der Waals surface area contributed by atoms with Gasteiger partial charge in [0.2, 0.25) is 0 Å². The van der Waals surface area contributed by atoms with Crippen LogP contribution in [0.1, 0.15) is 17.3 Å². The van der Waals surface area contributed by atoms with E-state index < -0.39 is 0 Å². The van der Waals surface area contributed by atoms with Crippen LogP contribution in [0.2, 0.25) is 0 Å². The molecule has 2 aromatic rings. The van der Waals surface area contributed by atoms with Crippen molar-refractivity contribution in [1.29, 1.82) is 0 Å². The molecule has 2 aromatic heterocycles. The number of nitrogens with two attached hydrogens (primary N) is 1. The Morgan fingerprint density at radius 1 is 1.65 bits per heavy atom. The van der Waals surface area contributed by atoms with Gasteiger partial charge in [0.15, 0.2) is 0 Å². The highest BCUT2D eigenvalue weighted by Crippen LogP contribution is 2.26. The van der Waals surface area contributed by atoms with E-state index in [2.05, 4.69) is 21.0 Å². The average molecular weight is 300 g/mol. The third-order valence-corrected chi connectivity index (χ3v) is 3.15. The number of halogens is 1. The van der Waals surface area contributed by atoms with E-state index in [0.29, 0.717) is 13.2 Å². The molecular weight excluding hydrogens is 286 g/mol. The van der Waals surface area contributed by atoms with Crippen molar-refractivity contribution in [2.75, 3.05) is 13.7 Å². The summed E-state index contributed by atoms with van der Waals surface area (Å²) in [6.07, 6.45) is 4.99. The largest absolute Gasteiger partial charge is 0.472 e. The number of methoxy groups -OCH3 is 1. The molecule has 6 heteroatoms. The van der Waals surface area contributed by atoms with Crippen molar-refractivity contribution >= 4 is 15.9 Å². The minimum Gasteiger partial charge on any atom is -0.472 e. The summed E-state index contributed by atoms with van der Waals surface area (Å²) in [6, 6.07) is 1.59. The van der Waals surface area contributed by atoms with Gasteiger partial charge in [-0.3, -0.25) is 4.68 Å². The van der Waals surface area contributed by atoms with Gasteiger partial charge in [0.25, 0.3) is 0 Å². The highest BCUT2D eigenvalue weighted by atomic mass is 79.9. The first kappa shape index (κ1) is 12.3. The van der Waals surface area contributed by atoms with E-state index in [1.54, 1.807) is 25.8 Å². The van der Waals surface area contributed by atoms with Crippen LogP contribution in [-0.2, 0) is 11.3 Å². The number of furan rings is 1. The van der Waals surface area contributed by atoms with E-state index in [0.717, 1.165) is 15.7 Å². The molecule has 0 fully saturated rings. The van der Waals surface area contributed by atoms with Gasteiger partial charge < -0.3 is 14.9 Å². The Morgan fingerprint density at radius 2 is 2.47 bits per heavy atom. The Kier molecular flexibility index (Phi) is 3.98. The monoisotopic (exact) mass is 299 g/mol. The standard InChI is InChI=1S/C11H14BrN3O2/c1-16-5-3-15-11(9(12)6-14-15)10(13)8-2-4-17-7-8/h2,4,6-7,10H,3,5,13H2,1H3. The maximum Gasteiger partial charge on any atom is 0.0954 e. The zero-order valence-corrected chi connectivity index (χ0v) is 11.1. The molecule has 0 aromatic carbocycles. The predicted octanol–water partition coefficient (Wildman–Crippen LogP) is 1.93. The summed E-state index contributed by atoms with van der Waals surface area (Å²) >= 11 is 3.46. The predicted molar refractivity (Wildman–Crippen MR) is 66.5 cm³/mol. The zero-order chi connectivity index (χ0) is 12.3. The van der Waals surface area contributed by atoms with Crippen molar-refractivity contribution in [1.82, 2.24) is 9.78 Å². The van der Waals surface area contributed by atoms with Crippen LogP contribution in [-0.4, -0.2) is 23.5 Å². The van der Waals surface area contributed by atoms with Crippen LogP contribution in [0.25, 0.3) is 0 Å². The maximum atomic E-state index is 6.19. The van der Waals surface area contributed by atoms with E-state index in [-0.39, 0.29) is 6.04 Å². The molecule has 0 aliphatic rings. The number of aromatic nitrogens is 2. The van der Waals surface area contributed by atoms with E-state index in [1.165, 1.54) is 0 Å². The summed E-state index contributed by atoms with van der Waals surface area (Å²) in [7, 11) is 1.66. The summed E-state index contributed by atoms with van der Waals surface area (Å²) in [5.74, 6) is 0. The van der Waals surface area contributed by atoms with Crippen LogP contribution in [0.5, 0.6) is 0 Å². The molecule has 17 heavy (non-hydrogen) atoms. The minimum absolute atomic E-state index is 0.262. The fourth-order valence-electron chi connectivity index (χ4n) is 1.65. The van der Waals surface area contributed by atoms with Crippen LogP contribution >= 0.6 is 15.9 Å². The van der Waals surface area contributed by atoms with Crippen molar-refractivity contribution in [3.8, 4) is 0 Å². The molecule has 92 valence electrons. The summed E-state index contributed by atoms with van der Waals surface area (Å²) in [5, 5.41) is 4.26. The minimum atomic E-state index is -0.262. The fraction of sp³-hybridized carbons (Fsp3) is 0.364. The number of hydrogen-bond donors (Lipinski definition) is 1. The first-order chi connectivity index (χ1) is 8.24. The van der Waals surface area contributed by atoms with Crippen molar-refractivity contribution in [2.45, 2.75) is 12.6 Å². The maximum absolute atomic E-state index is 6.19. The lowest BCUT2D eigenvalue weighted by atomic mass is 10.1. The van der Waals surface area contributed by atoms with Crippen LogP contribution in [0.4, 0.5) is 0 Å². The second kappa shape index (κ2) is 5.48. The van der Waals surface area contributed by atoms with Crippen LogP contribution < -0.4 is 5.73 Å². The topological polar surface area (TPSA) is 66.2 Å². The highest BCUT2D eigenvalue weighted by Gasteiger charge is 2.18. The highest BCUT2D eigenvalue weighted by molar-refractivity contribution is 9.10. The Morgan fingerprint density at radius 3 is 3.12 bits per heavy atom. The molecule has 1 atom stereocenters. The normalized spacial score (nSPS) is 12.9. The van der Waals surface area contributed by atoms with Crippen molar-refractivity contribution < 1.29 is 9.15 Å². The van der Waals surface area contributed by atoms with Gasteiger partial charge in [0.05, 0.1) is 48.1 Å². The summed E-state index contributed by atoms with van der Waals surface area (Å²) in [6.45, 7) is 1.27. The second-order valence-electron chi connectivity index (χ2n) is 3.63. The second-order valence-corrected chi connectivity index (χ2v) is 4.48.